The Bertz CT molecular complexity index is 1050. The number of aromatic nitrogens is 2. The van der Waals surface area contributed by atoms with E-state index in [0.29, 0.717) is 5.69 Å². The zero-order chi connectivity index (χ0) is 21.6. The Hall–Kier alpha value is -3.74. The van der Waals surface area contributed by atoms with Crippen molar-refractivity contribution in [2.75, 3.05) is 28.6 Å². The molecule has 4 rings (SSSR count). The van der Waals surface area contributed by atoms with E-state index in [1.165, 1.54) is 6.92 Å². The van der Waals surface area contributed by atoms with Crippen LogP contribution in [0.15, 0.2) is 67.0 Å². The van der Waals surface area contributed by atoms with Crippen LogP contribution in [0.4, 0.5) is 17.2 Å². The summed E-state index contributed by atoms with van der Waals surface area (Å²) in [6.45, 7) is 3.00. The standard InChI is InChI=1S/C24H25N5O2/c1-17(30)27-20-7-9-21(10-8-20)28-24(31)19-11-13-29(14-12-19)23-15-22(25-16-26-23)18-5-3-2-4-6-18/h2-10,15-16,19H,11-14H2,1H3,(H,27,30)(H,28,31). The van der Waals surface area contributed by atoms with Gasteiger partial charge in [-0.25, -0.2) is 9.97 Å². The molecule has 0 aliphatic carbocycles. The molecule has 7 heteroatoms. The quantitative estimate of drug-likeness (QED) is 0.659. The summed E-state index contributed by atoms with van der Waals surface area (Å²) in [5, 5.41) is 5.70. The van der Waals surface area contributed by atoms with Gasteiger partial charge < -0.3 is 15.5 Å². The highest BCUT2D eigenvalue weighted by molar-refractivity contribution is 5.93. The molecule has 2 amide bonds. The average molecular weight is 415 g/mol. The summed E-state index contributed by atoms with van der Waals surface area (Å²) >= 11 is 0. The first kappa shape index (κ1) is 20.5. The first-order valence-corrected chi connectivity index (χ1v) is 10.4. The molecular weight excluding hydrogens is 390 g/mol. The van der Waals surface area contributed by atoms with Crippen LogP contribution >= 0.6 is 0 Å². The fourth-order valence-corrected chi connectivity index (χ4v) is 3.74. The van der Waals surface area contributed by atoms with Gasteiger partial charge in [-0.3, -0.25) is 9.59 Å². The lowest BCUT2D eigenvalue weighted by atomic mass is 9.95. The van der Waals surface area contributed by atoms with Gasteiger partial charge in [0.05, 0.1) is 5.69 Å². The lowest BCUT2D eigenvalue weighted by molar-refractivity contribution is -0.120. The van der Waals surface area contributed by atoms with Crippen LogP contribution in [0, 0.1) is 5.92 Å². The van der Waals surface area contributed by atoms with E-state index in [1.807, 2.05) is 36.4 Å². The van der Waals surface area contributed by atoms with E-state index in [2.05, 4.69) is 25.5 Å². The molecule has 1 saturated heterocycles. The van der Waals surface area contributed by atoms with Crippen LogP contribution in [0.1, 0.15) is 19.8 Å². The zero-order valence-corrected chi connectivity index (χ0v) is 17.4. The largest absolute Gasteiger partial charge is 0.356 e. The van der Waals surface area contributed by atoms with Gasteiger partial charge in [-0.15, -0.1) is 0 Å². The van der Waals surface area contributed by atoms with Gasteiger partial charge in [-0.05, 0) is 37.1 Å². The highest BCUT2D eigenvalue weighted by Crippen LogP contribution is 2.26. The minimum absolute atomic E-state index is 0.0274. The first-order valence-electron chi connectivity index (χ1n) is 10.4. The molecule has 7 nitrogen and oxygen atoms in total. The summed E-state index contributed by atoms with van der Waals surface area (Å²) < 4.78 is 0. The Kier molecular flexibility index (Phi) is 6.21. The predicted molar refractivity (Wildman–Crippen MR) is 122 cm³/mol. The van der Waals surface area contributed by atoms with Gasteiger partial charge in [0.15, 0.2) is 0 Å². The third-order valence-corrected chi connectivity index (χ3v) is 5.38. The number of hydrogen-bond acceptors (Lipinski definition) is 5. The SMILES string of the molecule is CC(=O)Nc1ccc(NC(=O)C2CCN(c3cc(-c4ccccc4)ncn3)CC2)cc1. The molecule has 3 aromatic rings. The van der Waals surface area contributed by atoms with Crippen molar-refractivity contribution in [2.24, 2.45) is 5.92 Å². The monoisotopic (exact) mass is 415 g/mol. The van der Waals surface area contributed by atoms with Crippen LogP contribution in [0.3, 0.4) is 0 Å². The van der Waals surface area contributed by atoms with Crippen LogP contribution in [0.5, 0.6) is 0 Å². The number of carbonyl (C=O) groups excluding carboxylic acids is 2. The number of nitrogens with one attached hydrogen (secondary N) is 2. The highest BCUT2D eigenvalue weighted by Gasteiger charge is 2.26. The first-order chi connectivity index (χ1) is 15.1. The molecule has 0 bridgehead atoms. The van der Waals surface area contributed by atoms with Crippen molar-refractivity contribution in [1.29, 1.82) is 0 Å². The summed E-state index contributed by atoms with van der Waals surface area (Å²) in [5.41, 5.74) is 3.39. The van der Waals surface area contributed by atoms with E-state index in [1.54, 1.807) is 30.6 Å². The van der Waals surface area contributed by atoms with E-state index in [4.69, 9.17) is 0 Å². The van der Waals surface area contributed by atoms with Gasteiger partial charge in [0.25, 0.3) is 0 Å². The number of anilines is 3. The molecular formula is C24H25N5O2. The molecule has 2 heterocycles. The number of hydrogen-bond donors (Lipinski definition) is 2. The Morgan fingerprint density at radius 1 is 0.903 bits per heavy atom. The van der Waals surface area contributed by atoms with Crippen molar-refractivity contribution in [1.82, 2.24) is 9.97 Å². The molecule has 1 aliphatic heterocycles. The maximum atomic E-state index is 12.7. The Labute approximate surface area is 181 Å². The van der Waals surface area contributed by atoms with Gasteiger partial charge in [-0.1, -0.05) is 30.3 Å². The summed E-state index contributed by atoms with van der Waals surface area (Å²) in [6.07, 6.45) is 3.13. The molecule has 1 aromatic heterocycles. The molecule has 2 N–H and O–H groups in total. The van der Waals surface area contributed by atoms with Crippen molar-refractivity contribution in [3.63, 3.8) is 0 Å². The second-order valence-corrected chi connectivity index (χ2v) is 7.64. The van der Waals surface area contributed by atoms with Crippen LogP contribution in [-0.4, -0.2) is 34.9 Å². The maximum absolute atomic E-state index is 12.7. The van der Waals surface area contributed by atoms with Crippen molar-refractivity contribution >= 4 is 29.0 Å². The van der Waals surface area contributed by atoms with Gasteiger partial charge in [-0.2, -0.15) is 0 Å². The Morgan fingerprint density at radius 2 is 1.55 bits per heavy atom. The van der Waals surface area contributed by atoms with Crippen molar-refractivity contribution < 1.29 is 9.59 Å². The maximum Gasteiger partial charge on any atom is 0.227 e. The average Bonchev–Trinajstić information content (AvgIpc) is 2.81. The summed E-state index contributed by atoms with van der Waals surface area (Å²) in [4.78, 5) is 34.8. The van der Waals surface area contributed by atoms with Crippen molar-refractivity contribution in [3.05, 3.63) is 67.0 Å². The highest BCUT2D eigenvalue weighted by atomic mass is 16.2. The zero-order valence-electron chi connectivity index (χ0n) is 17.4. The number of carbonyl (C=O) groups is 2. The molecule has 1 aliphatic rings. The lowest BCUT2D eigenvalue weighted by Gasteiger charge is -2.32. The molecule has 0 unspecified atom stereocenters. The molecule has 0 radical (unpaired) electrons. The minimum Gasteiger partial charge on any atom is -0.356 e. The topological polar surface area (TPSA) is 87.2 Å². The number of piperidine rings is 1. The fraction of sp³-hybridized carbons (Fsp3) is 0.250. The van der Waals surface area contributed by atoms with Crippen LogP contribution < -0.4 is 15.5 Å². The molecule has 0 saturated carbocycles. The lowest BCUT2D eigenvalue weighted by Crippen LogP contribution is -2.38. The second kappa shape index (κ2) is 9.38. The van der Waals surface area contributed by atoms with Gasteiger partial charge in [0, 0.05) is 48.9 Å². The van der Waals surface area contributed by atoms with Crippen LogP contribution in [0.25, 0.3) is 11.3 Å². The summed E-state index contributed by atoms with van der Waals surface area (Å²) in [5.74, 6) is 0.755. The van der Waals surface area contributed by atoms with E-state index in [9.17, 15) is 9.59 Å². The second-order valence-electron chi connectivity index (χ2n) is 7.64. The third kappa shape index (κ3) is 5.25. The van der Waals surface area contributed by atoms with Gasteiger partial charge in [0.1, 0.15) is 12.1 Å². The molecule has 2 aromatic carbocycles. The molecule has 0 atom stereocenters. The predicted octanol–water partition coefficient (Wildman–Crippen LogP) is 3.96. The molecule has 158 valence electrons. The van der Waals surface area contributed by atoms with Gasteiger partial charge >= 0.3 is 0 Å². The third-order valence-electron chi connectivity index (χ3n) is 5.38. The molecule has 0 spiro atoms. The number of benzene rings is 2. The molecule has 1 fully saturated rings. The van der Waals surface area contributed by atoms with Gasteiger partial charge in [0.2, 0.25) is 11.8 Å². The summed E-state index contributed by atoms with van der Waals surface area (Å²) in [7, 11) is 0. The van der Waals surface area contributed by atoms with E-state index in [-0.39, 0.29) is 17.7 Å². The Morgan fingerprint density at radius 3 is 2.19 bits per heavy atom. The number of amides is 2. The molecule has 31 heavy (non-hydrogen) atoms. The Balaban J connectivity index is 1.33. The smallest absolute Gasteiger partial charge is 0.227 e. The normalized spacial score (nSPS) is 14.2. The van der Waals surface area contributed by atoms with E-state index in [0.717, 1.165) is 48.7 Å². The van der Waals surface area contributed by atoms with E-state index < -0.39 is 0 Å². The van der Waals surface area contributed by atoms with E-state index >= 15 is 0 Å². The number of rotatable bonds is 5. The van der Waals surface area contributed by atoms with Crippen LogP contribution in [0.2, 0.25) is 0 Å². The minimum atomic E-state index is -0.122. The van der Waals surface area contributed by atoms with Crippen molar-refractivity contribution in [2.45, 2.75) is 19.8 Å². The number of nitrogens with zero attached hydrogens (tertiary/aromatic N) is 3. The fourth-order valence-electron chi connectivity index (χ4n) is 3.74. The van der Waals surface area contributed by atoms with Crippen molar-refractivity contribution in [3.8, 4) is 11.3 Å². The summed E-state index contributed by atoms with van der Waals surface area (Å²) in [6, 6.07) is 19.2. The van der Waals surface area contributed by atoms with Crippen LogP contribution in [-0.2, 0) is 9.59 Å².